The van der Waals surface area contributed by atoms with E-state index in [-0.39, 0.29) is 14.5 Å². The van der Waals surface area contributed by atoms with Crippen molar-refractivity contribution in [1.82, 2.24) is 0 Å². The Morgan fingerprint density at radius 1 is 0.667 bits per heavy atom. The van der Waals surface area contributed by atoms with Crippen LogP contribution >= 0.6 is 17.0 Å². The SMILES string of the molecule is CCCC1=Cc2c(-c3ccc(-c4ccccc4)cc3)cccc2[CH]1[Zr]([Cl])([Cl])([c]1cc(C(C)(C)C)cc2c1Cc1ccc(C(C)(C)C)cc1-2)[SiH](C)C. The van der Waals surface area contributed by atoms with Crippen LogP contribution in [0.1, 0.15) is 98.3 Å². The molecule has 2 aliphatic rings. The molecule has 0 amide bonds. The monoisotopic (exact) mass is 805 g/mol. The third kappa shape index (κ3) is 6.25. The van der Waals surface area contributed by atoms with Crippen molar-refractivity contribution in [2.75, 3.05) is 0 Å². The van der Waals surface area contributed by atoms with E-state index in [1.54, 1.807) is 0 Å². The van der Waals surface area contributed by atoms with Crippen molar-refractivity contribution in [3.8, 4) is 33.4 Å². The average molecular weight is 808 g/mol. The van der Waals surface area contributed by atoms with Crippen LogP contribution in [0.15, 0.2) is 109 Å². The number of halogens is 2. The van der Waals surface area contributed by atoms with E-state index < -0.39 is 21.5 Å². The first-order chi connectivity index (χ1) is 24.0. The second kappa shape index (κ2) is 13.1. The molecule has 4 heteroatoms. The Bertz CT molecular complexity index is 2160. The van der Waals surface area contributed by atoms with Crippen LogP contribution in [0.3, 0.4) is 0 Å². The normalized spacial score (nSPS) is 16.4. The molecule has 0 saturated heterocycles. The summed E-state index contributed by atoms with van der Waals surface area (Å²) in [5.41, 5.74) is 17.4. The Morgan fingerprint density at radius 2 is 1.29 bits per heavy atom. The van der Waals surface area contributed by atoms with Gasteiger partial charge < -0.3 is 0 Å². The Balaban J connectivity index is 1.44. The van der Waals surface area contributed by atoms with Gasteiger partial charge in [-0.25, -0.2) is 0 Å². The van der Waals surface area contributed by atoms with Crippen LogP contribution < -0.4 is 3.27 Å². The molecule has 263 valence electrons. The van der Waals surface area contributed by atoms with Crippen molar-refractivity contribution in [2.45, 2.75) is 95.3 Å². The predicted molar refractivity (Wildman–Crippen MR) is 225 cm³/mol. The quantitative estimate of drug-likeness (QED) is 0.141. The molecule has 0 heterocycles. The molecule has 1 unspecified atom stereocenters. The molecule has 1 atom stereocenters. The first-order valence-corrected chi connectivity index (χ1v) is 35.0. The van der Waals surface area contributed by atoms with Gasteiger partial charge in [0.15, 0.2) is 0 Å². The molecular weight excluding hydrogens is 755 g/mol. The van der Waals surface area contributed by atoms with Gasteiger partial charge in [0.2, 0.25) is 0 Å². The van der Waals surface area contributed by atoms with Crippen LogP contribution in [-0.4, -0.2) is 5.92 Å². The molecule has 0 spiro atoms. The van der Waals surface area contributed by atoms with E-state index in [1.807, 2.05) is 0 Å². The molecule has 0 aromatic heterocycles. The molecule has 0 radical (unpaired) electrons. The summed E-state index contributed by atoms with van der Waals surface area (Å²) in [6.45, 7) is 21.1. The summed E-state index contributed by atoms with van der Waals surface area (Å²) in [7, 11) is 17.5. The van der Waals surface area contributed by atoms with Crippen molar-refractivity contribution >= 4 is 32.3 Å². The van der Waals surface area contributed by atoms with Crippen LogP contribution in [0.5, 0.6) is 0 Å². The van der Waals surface area contributed by atoms with E-state index in [1.165, 1.54) is 75.6 Å². The van der Waals surface area contributed by atoms with Crippen LogP contribution in [0.2, 0.25) is 13.1 Å². The van der Waals surface area contributed by atoms with Crippen molar-refractivity contribution in [2.24, 2.45) is 0 Å². The van der Waals surface area contributed by atoms with E-state index in [2.05, 4.69) is 171 Å². The average Bonchev–Trinajstić information content (AvgIpc) is 3.66. The van der Waals surface area contributed by atoms with Gasteiger partial charge in [0.05, 0.1) is 0 Å². The first kappa shape index (κ1) is 36.9. The zero-order chi connectivity index (χ0) is 36.5. The van der Waals surface area contributed by atoms with Gasteiger partial charge in [-0.15, -0.1) is 0 Å². The van der Waals surface area contributed by atoms with E-state index in [0.29, 0.717) is 0 Å². The first-order valence-electron chi connectivity index (χ1n) is 18.9. The summed E-state index contributed by atoms with van der Waals surface area (Å²) in [5.74, 6) is -1.69. The molecule has 0 bridgehead atoms. The van der Waals surface area contributed by atoms with Crippen molar-refractivity contribution in [3.05, 3.63) is 142 Å². The van der Waals surface area contributed by atoms with Crippen molar-refractivity contribution < 1.29 is 15.6 Å². The number of allylic oxidation sites excluding steroid dienone is 1. The molecule has 0 N–H and O–H groups in total. The molecule has 0 fully saturated rings. The summed E-state index contributed by atoms with van der Waals surface area (Å²) in [6, 6.07) is 38.8. The molecule has 0 nitrogen and oxygen atoms in total. The van der Waals surface area contributed by atoms with Gasteiger partial charge in [-0.05, 0) is 0 Å². The fraction of sp³-hybridized carbons (Fsp3) is 0.319. The molecule has 0 aliphatic heterocycles. The topological polar surface area (TPSA) is 0 Å². The third-order valence-electron chi connectivity index (χ3n) is 11.8. The Morgan fingerprint density at radius 3 is 1.92 bits per heavy atom. The third-order valence-corrected chi connectivity index (χ3v) is 61.8. The standard InChI is InChI=1S/C24H21.C21H25.C2H7Si.2ClH.Zr/c1-2-7-18-16-22-10-6-11-23(24(22)17-18)21-14-12-20(13-15-21)19-8-4-3-5-9-19;1-20(2,3)16-9-7-14-11-15-8-10-17(21(4,5)6)13-19(15)18(14)12-16;1-3-2;;;/h3-6,8-17H,2,7H2,1H3;7,9-10,12-13H,11H2,1-6H3;3H,1-2H3;2*1H;/q;;;;;+2/p-2. The van der Waals surface area contributed by atoms with Crippen LogP contribution in [-0.2, 0) is 32.8 Å². The number of benzene rings is 5. The number of hydrogen-bond acceptors (Lipinski definition) is 0. The maximum atomic E-state index is 8.75. The molecule has 51 heavy (non-hydrogen) atoms. The second-order valence-electron chi connectivity index (χ2n) is 17.6. The fourth-order valence-electron chi connectivity index (χ4n) is 8.72. The van der Waals surface area contributed by atoms with Gasteiger partial charge >= 0.3 is 319 Å². The van der Waals surface area contributed by atoms with Gasteiger partial charge in [0, 0.05) is 0 Å². The number of fused-ring (bicyclic) bond motifs is 4. The fourth-order valence-corrected chi connectivity index (χ4v) is 36.4. The Hall–Kier alpha value is -2.48. The molecule has 2 aliphatic carbocycles. The summed E-state index contributed by atoms with van der Waals surface area (Å²) >= 11 is -4.96. The molecular formula is C47H53Cl2SiZr. The van der Waals surface area contributed by atoms with Crippen LogP contribution in [0, 0.1) is 0 Å². The number of rotatable bonds is 7. The Kier molecular flexibility index (Phi) is 9.49. The molecule has 5 aromatic carbocycles. The summed E-state index contributed by atoms with van der Waals surface area (Å²) < 4.78 is 1.41. The summed E-state index contributed by atoms with van der Waals surface area (Å²) in [5, 5.41) is 0. The predicted octanol–water partition coefficient (Wildman–Crippen LogP) is 13.7. The van der Waals surface area contributed by atoms with Crippen molar-refractivity contribution in [3.63, 3.8) is 0 Å². The molecule has 0 saturated carbocycles. The van der Waals surface area contributed by atoms with Crippen LogP contribution in [0.25, 0.3) is 39.5 Å². The second-order valence-corrected chi connectivity index (χ2v) is 59.0. The van der Waals surface area contributed by atoms with E-state index >= 15 is 0 Å². The van der Waals surface area contributed by atoms with E-state index in [9.17, 15) is 0 Å². The van der Waals surface area contributed by atoms with Gasteiger partial charge in [-0.3, -0.25) is 0 Å². The molecule has 7 rings (SSSR count). The van der Waals surface area contributed by atoms with Crippen molar-refractivity contribution in [1.29, 1.82) is 0 Å². The maximum absolute atomic E-state index is 8.75. The van der Waals surface area contributed by atoms with Crippen LogP contribution in [0.4, 0.5) is 0 Å². The minimum absolute atomic E-state index is 0.0433. The van der Waals surface area contributed by atoms with E-state index in [0.717, 1.165) is 19.3 Å². The van der Waals surface area contributed by atoms with Gasteiger partial charge in [0.1, 0.15) is 0 Å². The zero-order valence-electron chi connectivity index (χ0n) is 31.9. The minimum atomic E-state index is -4.96. The zero-order valence-corrected chi connectivity index (χ0v) is 37.0. The summed E-state index contributed by atoms with van der Waals surface area (Å²) in [4.78, 5) is 0. The van der Waals surface area contributed by atoms with E-state index in [4.69, 9.17) is 17.0 Å². The molecule has 5 aromatic rings. The van der Waals surface area contributed by atoms with Gasteiger partial charge in [-0.1, -0.05) is 0 Å². The summed E-state index contributed by atoms with van der Waals surface area (Å²) in [6.07, 6.45) is 5.47. The van der Waals surface area contributed by atoms with Gasteiger partial charge in [-0.2, -0.15) is 0 Å². The number of hydrogen-bond donors (Lipinski definition) is 0. The van der Waals surface area contributed by atoms with Gasteiger partial charge in [0.25, 0.3) is 0 Å². The Labute approximate surface area is 316 Å².